The molecule has 1 unspecified atom stereocenters. The van der Waals surface area contributed by atoms with Crippen LogP contribution in [0.5, 0.6) is 0 Å². The van der Waals surface area contributed by atoms with Gasteiger partial charge in [0.25, 0.3) is 5.91 Å². The van der Waals surface area contributed by atoms with Crippen LogP contribution in [-0.4, -0.2) is 140 Å². The molecule has 52 heavy (non-hydrogen) atoms. The van der Waals surface area contributed by atoms with Gasteiger partial charge in [-0.3, -0.25) is 9.59 Å². The van der Waals surface area contributed by atoms with E-state index in [1.807, 2.05) is 26.1 Å². The van der Waals surface area contributed by atoms with Gasteiger partial charge in [-0.1, -0.05) is 35.3 Å². The first-order valence-electron chi connectivity index (χ1n) is 17.3. The molecule has 4 N–H and O–H groups in total. The smallest absolute Gasteiger partial charge is 0.252 e. The number of Topliss-reactive ketones (excluding diaryl/α,β-unsaturated/α-hetero) is 1. The Labute approximate surface area is 316 Å². The Morgan fingerprint density at radius 2 is 1.52 bits per heavy atom. The zero-order valence-corrected chi connectivity index (χ0v) is 32.0. The number of sulfonamides is 1. The third kappa shape index (κ3) is 14.9. The quantitative estimate of drug-likeness (QED) is 0.102. The number of hydrogen-bond donors (Lipinski definition) is 4. The van der Waals surface area contributed by atoms with E-state index in [0.717, 1.165) is 16.7 Å². The second kappa shape index (κ2) is 23.5. The van der Waals surface area contributed by atoms with Crippen LogP contribution in [0.3, 0.4) is 0 Å². The SMILES string of the molecule is CCOCCOCCCC(=O)[C@H](O)[C@H](O)C(=O)NCCOCCOCCOCCNS(=O)(=O)c1cccc(C2CN(C)Cc3c(Cl)cc(Cl)cc32)c1. The zero-order valence-electron chi connectivity index (χ0n) is 29.7. The van der Waals surface area contributed by atoms with Gasteiger partial charge >= 0.3 is 0 Å². The van der Waals surface area contributed by atoms with Crippen molar-refractivity contribution in [1.29, 1.82) is 0 Å². The first kappa shape index (κ1) is 44.1. The standard InChI is InChI=1S/C35H51Cl2N3O11S/c1-3-47-14-15-48-11-5-8-32(41)33(42)34(43)35(44)38-9-12-49-16-18-51-19-17-50-13-10-39-52(45,46)27-7-4-6-25(20-27)29-23-40(2)24-30-28(29)21-26(36)22-31(30)37/h4,6-7,20-22,29,33-34,39,42-43H,3,5,8-19,23-24H2,1-2H3,(H,38,44)/t29?,33-,34-/m0/s1. The lowest BCUT2D eigenvalue weighted by atomic mass is 9.85. The van der Waals surface area contributed by atoms with Crippen molar-refractivity contribution in [3.05, 3.63) is 63.1 Å². The average Bonchev–Trinajstić information content (AvgIpc) is 3.12. The summed E-state index contributed by atoms with van der Waals surface area (Å²) in [6, 6.07) is 10.5. The van der Waals surface area contributed by atoms with E-state index in [1.54, 1.807) is 24.3 Å². The van der Waals surface area contributed by atoms with Gasteiger partial charge in [0.2, 0.25) is 10.0 Å². The zero-order chi connectivity index (χ0) is 37.9. The van der Waals surface area contributed by atoms with Crippen LogP contribution >= 0.6 is 23.2 Å². The van der Waals surface area contributed by atoms with Gasteiger partial charge in [-0.05, 0) is 61.3 Å². The number of aliphatic hydroxyl groups excluding tert-OH is 2. The highest BCUT2D eigenvalue weighted by Crippen LogP contribution is 2.38. The van der Waals surface area contributed by atoms with Crippen LogP contribution in [0.1, 0.15) is 42.4 Å². The highest BCUT2D eigenvalue weighted by molar-refractivity contribution is 7.89. The Morgan fingerprint density at radius 1 is 0.885 bits per heavy atom. The van der Waals surface area contributed by atoms with Crippen LogP contribution in [0.4, 0.5) is 0 Å². The van der Waals surface area contributed by atoms with E-state index in [9.17, 15) is 28.2 Å². The number of amides is 1. The van der Waals surface area contributed by atoms with Crippen molar-refractivity contribution in [2.75, 3.05) is 92.8 Å². The topological polar surface area (TPSA) is 182 Å². The molecule has 3 rings (SSSR count). The van der Waals surface area contributed by atoms with Gasteiger partial charge in [-0.25, -0.2) is 13.1 Å². The summed E-state index contributed by atoms with van der Waals surface area (Å²) < 4.78 is 55.4. The van der Waals surface area contributed by atoms with E-state index >= 15 is 0 Å². The average molecular weight is 793 g/mol. The molecule has 0 bridgehead atoms. The first-order chi connectivity index (χ1) is 24.9. The minimum Gasteiger partial charge on any atom is -0.382 e. The minimum absolute atomic E-state index is 0.0367. The number of aliphatic hydroxyl groups is 2. The number of rotatable bonds is 26. The Balaban J connectivity index is 1.23. The predicted molar refractivity (Wildman–Crippen MR) is 195 cm³/mol. The van der Waals surface area contributed by atoms with Gasteiger partial charge in [0, 0.05) is 61.8 Å². The molecule has 2 aromatic rings. The number of nitrogens with zero attached hydrogens (tertiary/aromatic N) is 1. The third-order valence-electron chi connectivity index (χ3n) is 8.08. The number of carbonyl (C=O) groups is 2. The molecule has 0 saturated heterocycles. The Hall–Kier alpha value is -2.25. The minimum atomic E-state index is -3.79. The molecule has 0 aliphatic carbocycles. The monoisotopic (exact) mass is 791 g/mol. The van der Waals surface area contributed by atoms with Crippen molar-refractivity contribution in [1.82, 2.24) is 14.9 Å². The van der Waals surface area contributed by atoms with Crippen molar-refractivity contribution in [3.63, 3.8) is 0 Å². The summed E-state index contributed by atoms with van der Waals surface area (Å²) in [5.41, 5.74) is 2.83. The fraction of sp³-hybridized carbons (Fsp3) is 0.600. The molecule has 1 aliphatic heterocycles. The lowest BCUT2D eigenvalue weighted by Crippen LogP contribution is -2.46. The fourth-order valence-corrected chi connectivity index (χ4v) is 7.07. The molecule has 1 aliphatic rings. The van der Waals surface area contributed by atoms with E-state index in [4.69, 9.17) is 46.9 Å². The van der Waals surface area contributed by atoms with Crippen LogP contribution in [-0.2, 0) is 49.8 Å². The molecule has 0 radical (unpaired) electrons. The normalized spacial score (nSPS) is 16.0. The van der Waals surface area contributed by atoms with Gasteiger partial charge in [0.15, 0.2) is 11.9 Å². The molecule has 17 heteroatoms. The van der Waals surface area contributed by atoms with Crippen LogP contribution in [0, 0.1) is 0 Å². The molecule has 0 fully saturated rings. The maximum Gasteiger partial charge on any atom is 0.252 e. The number of halogens is 2. The second-order valence-corrected chi connectivity index (χ2v) is 14.7. The van der Waals surface area contributed by atoms with E-state index in [2.05, 4.69) is 14.9 Å². The van der Waals surface area contributed by atoms with Crippen LogP contribution in [0.25, 0.3) is 0 Å². The Bertz CT molecular complexity index is 1520. The van der Waals surface area contributed by atoms with E-state index in [0.29, 0.717) is 56.0 Å². The number of likely N-dealkylation sites (N-methyl/N-ethyl adjacent to an activating group) is 1. The van der Waals surface area contributed by atoms with Crippen molar-refractivity contribution >= 4 is 44.9 Å². The molecule has 0 aromatic heterocycles. The second-order valence-electron chi connectivity index (χ2n) is 12.1. The summed E-state index contributed by atoms with van der Waals surface area (Å²) in [4.78, 5) is 26.4. The Morgan fingerprint density at radius 3 is 2.21 bits per heavy atom. The summed E-state index contributed by atoms with van der Waals surface area (Å²) in [6.45, 7) is 6.38. The molecule has 3 atom stereocenters. The van der Waals surface area contributed by atoms with Crippen molar-refractivity contribution in [2.24, 2.45) is 0 Å². The fourth-order valence-electron chi connectivity index (χ4n) is 5.43. The predicted octanol–water partition coefficient (Wildman–Crippen LogP) is 2.14. The number of benzene rings is 2. The van der Waals surface area contributed by atoms with Crippen LogP contribution < -0.4 is 10.0 Å². The lowest BCUT2D eigenvalue weighted by molar-refractivity contribution is -0.145. The maximum atomic E-state index is 13.0. The molecular formula is C35H51Cl2N3O11S. The molecular weight excluding hydrogens is 741 g/mol. The Kier molecular flexibility index (Phi) is 20.0. The molecule has 2 aromatic carbocycles. The summed E-state index contributed by atoms with van der Waals surface area (Å²) >= 11 is 12.8. The number of ether oxygens (including phenoxy) is 5. The van der Waals surface area contributed by atoms with Gasteiger partial charge in [0.1, 0.15) is 6.10 Å². The molecule has 0 saturated carbocycles. The number of hydrogen-bond acceptors (Lipinski definition) is 12. The van der Waals surface area contributed by atoms with Crippen molar-refractivity contribution < 1.29 is 51.9 Å². The van der Waals surface area contributed by atoms with Crippen molar-refractivity contribution in [3.8, 4) is 0 Å². The summed E-state index contributed by atoms with van der Waals surface area (Å²) in [5, 5.41) is 23.5. The number of ketones is 1. The van der Waals surface area contributed by atoms with E-state index < -0.39 is 33.9 Å². The summed E-state index contributed by atoms with van der Waals surface area (Å²) in [7, 11) is -1.79. The largest absolute Gasteiger partial charge is 0.382 e. The third-order valence-corrected chi connectivity index (χ3v) is 10.1. The van der Waals surface area contributed by atoms with Gasteiger partial charge in [0.05, 0.1) is 57.8 Å². The molecule has 1 heterocycles. The first-order valence-corrected chi connectivity index (χ1v) is 19.5. The molecule has 0 spiro atoms. The van der Waals surface area contributed by atoms with Gasteiger partial charge in [-0.15, -0.1) is 0 Å². The summed E-state index contributed by atoms with van der Waals surface area (Å²) in [6.07, 6.45) is -3.40. The summed E-state index contributed by atoms with van der Waals surface area (Å²) in [5.74, 6) is -1.62. The number of carbonyl (C=O) groups excluding carboxylic acids is 2. The molecule has 14 nitrogen and oxygen atoms in total. The highest BCUT2D eigenvalue weighted by atomic mass is 35.5. The van der Waals surface area contributed by atoms with Crippen molar-refractivity contribution in [2.45, 2.75) is 49.3 Å². The van der Waals surface area contributed by atoms with Crippen LogP contribution in [0.15, 0.2) is 41.3 Å². The maximum absolute atomic E-state index is 13.0. The molecule has 292 valence electrons. The lowest BCUT2D eigenvalue weighted by Gasteiger charge is -2.33. The number of nitrogens with one attached hydrogen (secondary N) is 2. The van der Waals surface area contributed by atoms with Gasteiger partial charge in [-0.2, -0.15) is 0 Å². The number of fused-ring (bicyclic) bond motifs is 1. The molecule has 1 amide bonds. The van der Waals surface area contributed by atoms with E-state index in [1.165, 1.54) is 0 Å². The van der Waals surface area contributed by atoms with E-state index in [-0.39, 0.29) is 70.0 Å². The van der Waals surface area contributed by atoms with Crippen LogP contribution in [0.2, 0.25) is 10.0 Å². The van der Waals surface area contributed by atoms with Gasteiger partial charge < -0.3 is 44.1 Å². The highest BCUT2D eigenvalue weighted by Gasteiger charge is 2.30.